The third-order valence-corrected chi connectivity index (χ3v) is 2.99. The highest BCUT2D eigenvalue weighted by molar-refractivity contribution is 4.77. The molecule has 0 atom stereocenters. The highest BCUT2D eigenvalue weighted by Gasteiger charge is 2.19. The number of hydrogen-bond donors (Lipinski definition) is 1. The monoisotopic (exact) mass is 246 g/mol. The average Bonchev–Trinajstić information content (AvgIpc) is 2.42. The van der Waals surface area contributed by atoms with Gasteiger partial charge < -0.3 is 14.8 Å². The molecule has 1 aliphatic heterocycles. The molecule has 4 heteroatoms. The van der Waals surface area contributed by atoms with Crippen LogP contribution in [0.5, 0.6) is 0 Å². The van der Waals surface area contributed by atoms with E-state index in [1.54, 1.807) is 14.2 Å². The molecule has 1 fully saturated rings. The Morgan fingerprint density at radius 3 is 1.88 bits per heavy atom. The van der Waals surface area contributed by atoms with Crippen molar-refractivity contribution >= 4 is 0 Å². The number of methoxy groups -OCH3 is 2. The van der Waals surface area contributed by atoms with Crippen molar-refractivity contribution in [1.29, 1.82) is 0 Å². The second kappa shape index (κ2) is 12.3. The molecule has 0 radical (unpaired) electrons. The lowest BCUT2D eigenvalue weighted by molar-refractivity contribution is 0.0764. The van der Waals surface area contributed by atoms with Crippen LogP contribution < -0.4 is 5.32 Å². The number of rotatable bonds is 7. The van der Waals surface area contributed by atoms with Crippen LogP contribution in [0.2, 0.25) is 0 Å². The SMILES string of the molecule is CC.COCCN(CCOC)C1CCNCC1. The Labute approximate surface area is 107 Å². The first-order chi connectivity index (χ1) is 8.38. The van der Waals surface area contributed by atoms with Crippen molar-refractivity contribution in [2.45, 2.75) is 32.7 Å². The molecule has 1 N–H and O–H groups in total. The Hall–Kier alpha value is -0.160. The van der Waals surface area contributed by atoms with E-state index in [1.165, 1.54) is 12.8 Å². The second-order valence-corrected chi connectivity index (χ2v) is 4.00. The van der Waals surface area contributed by atoms with Crippen molar-refractivity contribution in [2.24, 2.45) is 0 Å². The molecule has 1 heterocycles. The van der Waals surface area contributed by atoms with E-state index in [-0.39, 0.29) is 0 Å². The molecule has 0 bridgehead atoms. The van der Waals surface area contributed by atoms with Crippen LogP contribution in [0, 0.1) is 0 Å². The van der Waals surface area contributed by atoms with Crippen molar-refractivity contribution in [1.82, 2.24) is 10.2 Å². The molecule has 0 amide bonds. The number of nitrogens with zero attached hydrogens (tertiary/aromatic N) is 1. The van der Waals surface area contributed by atoms with Gasteiger partial charge in [-0.2, -0.15) is 0 Å². The maximum atomic E-state index is 5.15. The fourth-order valence-corrected chi connectivity index (χ4v) is 2.07. The molecule has 4 nitrogen and oxygen atoms in total. The molecule has 104 valence electrons. The van der Waals surface area contributed by atoms with Crippen LogP contribution in [-0.4, -0.2) is 64.6 Å². The van der Waals surface area contributed by atoms with Gasteiger partial charge >= 0.3 is 0 Å². The topological polar surface area (TPSA) is 33.7 Å². The number of piperidine rings is 1. The van der Waals surface area contributed by atoms with Crippen molar-refractivity contribution < 1.29 is 9.47 Å². The highest BCUT2D eigenvalue weighted by atomic mass is 16.5. The predicted octanol–water partition coefficient (Wildman–Crippen LogP) is 1.36. The van der Waals surface area contributed by atoms with E-state index in [4.69, 9.17) is 9.47 Å². The minimum atomic E-state index is 0.705. The molecule has 1 aliphatic rings. The van der Waals surface area contributed by atoms with Crippen LogP contribution in [0.3, 0.4) is 0 Å². The van der Waals surface area contributed by atoms with Crippen molar-refractivity contribution in [3.05, 3.63) is 0 Å². The summed E-state index contributed by atoms with van der Waals surface area (Å²) in [5.41, 5.74) is 0. The third kappa shape index (κ3) is 7.71. The zero-order chi connectivity index (χ0) is 12.9. The Morgan fingerprint density at radius 1 is 1.00 bits per heavy atom. The van der Waals surface area contributed by atoms with Crippen LogP contribution >= 0.6 is 0 Å². The molecule has 0 unspecified atom stereocenters. The minimum absolute atomic E-state index is 0.705. The van der Waals surface area contributed by atoms with Gasteiger partial charge in [-0.3, -0.25) is 4.90 Å². The molecule has 17 heavy (non-hydrogen) atoms. The standard InChI is InChI=1S/C11H24N2O2.C2H6/c1-14-9-7-13(8-10-15-2)11-3-5-12-6-4-11;1-2/h11-12H,3-10H2,1-2H3;1-2H3. The summed E-state index contributed by atoms with van der Waals surface area (Å²) in [7, 11) is 3.52. The van der Waals surface area contributed by atoms with Crippen molar-refractivity contribution in [2.75, 3.05) is 53.6 Å². The summed E-state index contributed by atoms with van der Waals surface area (Å²) in [5.74, 6) is 0. The zero-order valence-electron chi connectivity index (χ0n) is 12.0. The predicted molar refractivity (Wildman–Crippen MR) is 72.6 cm³/mol. The average molecular weight is 246 g/mol. The summed E-state index contributed by atoms with van der Waals surface area (Å²) in [4.78, 5) is 2.49. The number of hydrogen-bond acceptors (Lipinski definition) is 4. The van der Waals surface area contributed by atoms with E-state index in [0.29, 0.717) is 6.04 Å². The summed E-state index contributed by atoms with van der Waals surface area (Å²) in [6.07, 6.45) is 2.49. The molecule has 0 saturated carbocycles. The van der Waals surface area contributed by atoms with Gasteiger partial charge in [-0.15, -0.1) is 0 Å². The molecule has 0 aliphatic carbocycles. The van der Waals surface area contributed by atoms with Crippen LogP contribution in [-0.2, 0) is 9.47 Å². The van der Waals surface area contributed by atoms with Gasteiger partial charge in [-0.05, 0) is 25.9 Å². The first-order valence-electron chi connectivity index (χ1n) is 6.81. The molecule has 0 spiro atoms. The van der Waals surface area contributed by atoms with Crippen molar-refractivity contribution in [3.63, 3.8) is 0 Å². The maximum Gasteiger partial charge on any atom is 0.0589 e. The lowest BCUT2D eigenvalue weighted by Gasteiger charge is -2.34. The fraction of sp³-hybridized carbons (Fsp3) is 1.00. The summed E-state index contributed by atoms with van der Waals surface area (Å²) in [5, 5.41) is 3.39. The van der Waals surface area contributed by atoms with E-state index in [0.717, 1.165) is 39.4 Å². The normalized spacial score (nSPS) is 16.8. The highest BCUT2D eigenvalue weighted by Crippen LogP contribution is 2.11. The Balaban J connectivity index is 0.00000121. The fourth-order valence-electron chi connectivity index (χ4n) is 2.07. The molecule has 1 saturated heterocycles. The largest absolute Gasteiger partial charge is 0.383 e. The first kappa shape index (κ1) is 16.8. The van der Waals surface area contributed by atoms with E-state index >= 15 is 0 Å². The van der Waals surface area contributed by atoms with Gasteiger partial charge in [0.25, 0.3) is 0 Å². The Kier molecular flexibility index (Phi) is 12.2. The van der Waals surface area contributed by atoms with Gasteiger partial charge in [0.2, 0.25) is 0 Å². The summed E-state index contributed by atoms with van der Waals surface area (Å²) < 4.78 is 10.3. The number of nitrogens with one attached hydrogen (secondary N) is 1. The van der Waals surface area contributed by atoms with Crippen LogP contribution in [0.25, 0.3) is 0 Å². The zero-order valence-corrected chi connectivity index (χ0v) is 12.0. The third-order valence-electron chi connectivity index (χ3n) is 2.99. The van der Waals surface area contributed by atoms with Gasteiger partial charge in [0, 0.05) is 33.4 Å². The first-order valence-corrected chi connectivity index (χ1v) is 6.81. The van der Waals surface area contributed by atoms with Gasteiger partial charge in [-0.25, -0.2) is 0 Å². The van der Waals surface area contributed by atoms with Crippen molar-refractivity contribution in [3.8, 4) is 0 Å². The van der Waals surface area contributed by atoms with E-state index in [1.807, 2.05) is 13.8 Å². The lowest BCUT2D eigenvalue weighted by Crippen LogP contribution is -2.45. The molecular weight excluding hydrogens is 216 g/mol. The molecule has 0 aromatic heterocycles. The smallest absolute Gasteiger partial charge is 0.0589 e. The second-order valence-electron chi connectivity index (χ2n) is 4.00. The maximum absolute atomic E-state index is 5.15. The van der Waals surface area contributed by atoms with E-state index in [9.17, 15) is 0 Å². The van der Waals surface area contributed by atoms with Gasteiger partial charge in [0.15, 0.2) is 0 Å². The summed E-state index contributed by atoms with van der Waals surface area (Å²) in [6, 6.07) is 0.705. The summed E-state index contributed by atoms with van der Waals surface area (Å²) >= 11 is 0. The molecule has 0 aromatic rings. The Morgan fingerprint density at radius 2 is 1.47 bits per heavy atom. The molecular formula is C13H30N2O2. The number of ether oxygens (including phenoxy) is 2. The van der Waals surface area contributed by atoms with Crippen LogP contribution in [0.15, 0.2) is 0 Å². The van der Waals surface area contributed by atoms with Gasteiger partial charge in [-0.1, -0.05) is 13.8 Å². The van der Waals surface area contributed by atoms with E-state index < -0.39 is 0 Å². The van der Waals surface area contributed by atoms with Crippen LogP contribution in [0.1, 0.15) is 26.7 Å². The lowest BCUT2D eigenvalue weighted by atomic mass is 10.0. The van der Waals surface area contributed by atoms with Gasteiger partial charge in [0.1, 0.15) is 0 Å². The molecule has 0 aromatic carbocycles. The summed E-state index contributed by atoms with van der Waals surface area (Å²) in [6.45, 7) is 9.94. The quantitative estimate of drug-likeness (QED) is 0.735. The van der Waals surface area contributed by atoms with Crippen LogP contribution in [0.4, 0.5) is 0 Å². The van der Waals surface area contributed by atoms with E-state index in [2.05, 4.69) is 10.2 Å². The molecule has 1 rings (SSSR count). The minimum Gasteiger partial charge on any atom is -0.383 e. The Bertz CT molecular complexity index is 142. The van der Waals surface area contributed by atoms with Gasteiger partial charge in [0.05, 0.1) is 13.2 Å².